The van der Waals surface area contributed by atoms with E-state index in [1.54, 1.807) is 12.2 Å². The summed E-state index contributed by atoms with van der Waals surface area (Å²) in [5.41, 5.74) is 1.86. The SMILES string of the molecule is CC(=O)/C=C/c1ccc(/C=C/c2onc(C)c2[N+](=O)[O-])cc1. The first kappa shape index (κ1) is 15.4. The largest absolute Gasteiger partial charge is 0.349 e. The molecule has 0 aliphatic heterocycles. The Balaban J connectivity index is 2.17. The van der Waals surface area contributed by atoms with Gasteiger partial charge in [-0.2, -0.15) is 0 Å². The highest BCUT2D eigenvalue weighted by Gasteiger charge is 2.21. The van der Waals surface area contributed by atoms with Gasteiger partial charge in [-0.25, -0.2) is 0 Å². The predicted molar refractivity (Wildman–Crippen MR) is 83.0 cm³/mol. The maximum atomic E-state index is 10.9. The normalized spacial score (nSPS) is 11.4. The van der Waals surface area contributed by atoms with Crippen molar-refractivity contribution in [3.63, 3.8) is 0 Å². The fourth-order valence-corrected chi connectivity index (χ4v) is 1.82. The second kappa shape index (κ2) is 6.62. The molecule has 0 saturated heterocycles. The molecular weight excluding hydrogens is 284 g/mol. The number of carbonyl (C=O) groups excluding carboxylic acids is 1. The Morgan fingerprint density at radius 2 is 1.77 bits per heavy atom. The number of ketones is 1. The van der Waals surface area contributed by atoms with Crippen LogP contribution in [0.5, 0.6) is 0 Å². The molecule has 0 N–H and O–H groups in total. The number of allylic oxidation sites excluding steroid dienone is 1. The number of rotatable bonds is 5. The minimum absolute atomic E-state index is 0.0167. The molecule has 1 aromatic carbocycles. The molecule has 0 aliphatic rings. The molecule has 6 heteroatoms. The van der Waals surface area contributed by atoms with E-state index >= 15 is 0 Å². The Hall–Kier alpha value is -3.02. The lowest BCUT2D eigenvalue weighted by Crippen LogP contribution is -1.90. The van der Waals surface area contributed by atoms with Crippen molar-refractivity contribution in [3.05, 3.63) is 63.0 Å². The van der Waals surface area contributed by atoms with E-state index in [2.05, 4.69) is 5.16 Å². The third-order valence-electron chi connectivity index (χ3n) is 2.91. The summed E-state index contributed by atoms with van der Waals surface area (Å²) < 4.78 is 4.94. The number of hydrogen-bond acceptors (Lipinski definition) is 5. The summed E-state index contributed by atoms with van der Waals surface area (Å²) in [6.45, 7) is 3.01. The Morgan fingerprint density at radius 1 is 1.18 bits per heavy atom. The summed E-state index contributed by atoms with van der Waals surface area (Å²) in [4.78, 5) is 21.3. The smallest absolute Gasteiger partial charge is 0.338 e. The van der Waals surface area contributed by atoms with Crippen LogP contribution in [0.2, 0.25) is 0 Å². The molecule has 2 aromatic rings. The molecule has 0 radical (unpaired) electrons. The van der Waals surface area contributed by atoms with Gasteiger partial charge in [-0.05, 0) is 37.1 Å². The molecule has 6 nitrogen and oxygen atoms in total. The molecule has 0 unspecified atom stereocenters. The number of carbonyl (C=O) groups is 1. The van der Waals surface area contributed by atoms with Crippen LogP contribution in [0.25, 0.3) is 18.2 Å². The van der Waals surface area contributed by atoms with Crippen molar-refractivity contribution >= 4 is 29.7 Å². The molecule has 1 aromatic heterocycles. The van der Waals surface area contributed by atoms with Crippen LogP contribution in [0.4, 0.5) is 5.69 Å². The van der Waals surface area contributed by atoms with E-state index in [1.165, 1.54) is 26.0 Å². The highest BCUT2D eigenvalue weighted by Crippen LogP contribution is 2.24. The molecule has 0 fully saturated rings. The zero-order valence-corrected chi connectivity index (χ0v) is 12.1. The number of hydrogen-bond donors (Lipinski definition) is 0. The summed E-state index contributed by atoms with van der Waals surface area (Å²) in [5.74, 6) is 0.0972. The van der Waals surface area contributed by atoms with Crippen LogP contribution >= 0.6 is 0 Å². The average molecular weight is 298 g/mol. The zero-order valence-electron chi connectivity index (χ0n) is 12.1. The van der Waals surface area contributed by atoms with Crippen LogP contribution in [0.1, 0.15) is 29.5 Å². The van der Waals surface area contributed by atoms with E-state index in [-0.39, 0.29) is 22.9 Å². The van der Waals surface area contributed by atoms with Gasteiger partial charge in [-0.3, -0.25) is 14.9 Å². The molecule has 0 atom stereocenters. The van der Waals surface area contributed by atoms with Crippen LogP contribution in [0.15, 0.2) is 34.9 Å². The van der Waals surface area contributed by atoms with Gasteiger partial charge < -0.3 is 4.52 Å². The van der Waals surface area contributed by atoms with Gasteiger partial charge in [-0.15, -0.1) is 0 Å². The molecule has 0 aliphatic carbocycles. The van der Waals surface area contributed by atoms with E-state index in [1.807, 2.05) is 24.3 Å². The standard InChI is InChI=1S/C16H14N2O4/c1-11(19)3-4-13-5-7-14(8-6-13)9-10-15-16(18(20)21)12(2)17-22-15/h3-10H,1-2H3/b4-3+,10-9+. The molecule has 2 rings (SSSR count). The van der Waals surface area contributed by atoms with Crippen LogP contribution in [0, 0.1) is 17.0 Å². The van der Waals surface area contributed by atoms with E-state index in [0.29, 0.717) is 0 Å². The number of benzene rings is 1. The lowest BCUT2D eigenvalue weighted by Gasteiger charge is -1.95. The van der Waals surface area contributed by atoms with Crippen molar-refractivity contribution in [1.82, 2.24) is 5.16 Å². The predicted octanol–water partition coefficient (Wildman–Crippen LogP) is 3.66. The van der Waals surface area contributed by atoms with Crippen molar-refractivity contribution in [3.8, 4) is 0 Å². The minimum atomic E-state index is -0.513. The fraction of sp³-hybridized carbons (Fsp3) is 0.125. The highest BCUT2D eigenvalue weighted by atomic mass is 16.6. The summed E-state index contributed by atoms with van der Waals surface area (Å²) in [6.07, 6.45) is 6.43. The minimum Gasteiger partial charge on any atom is -0.349 e. The summed E-state index contributed by atoms with van der Waals surface area (Å²) >= 11 is 0. The van der Waals surface area contributed by atoms with Gasteiger partial charge in [-0.1, -0.05) is 41.6 Å². The molecule has 0 amide bonds. The Labute approximate surface area is 126 Å². The first-order valence-electron chi connectivity index (χ1n) is 6.55. The third-order valence-corrected chi connectivity index (χ3v) is 2.91. The monoisotopic (exact) mass is 298 g/mol. The Morgan fingerprint density at radius 3 is 2.32 bits per heavy atom. The Bertz CT molecular complexity index is 755. The fourth-order valence-electron chi connectivity index (χ4n) is 1.82. The zero-order chi connectivity index (χ0) is 16.1. The highest BCUT2D eigenvalue weighted by molar-refractivity contribution is 5.91. The van der Waals surface area contributed by atoms with Crippen molar-refractivity contribution < 1.29 is 14.2 Å². The number of nitrogens with zero attached hydrogens (tertiary/aromatic N) is 2. The first-order valence-corrected chi connectivity index (χ1v) is 6.55. The van der Waals surface area contributed by atoms with Gasteiger partial charge in [0.15, 0.2) is 11.5 Å². The number of aryl methyl sites for hydroxylation is 1. The number of nitro groups is 1. The third kappa shape index (κ3) is 3.76. The molecule has 0 spiro atoms. The number of aromatic nitrogens is 1. The first-order chi connectivity index (χ1) is 10.5. The lowest BCUT2D eigenvalue weighted by atomic mass is 10.1. The Kier molecular flexibility index (Phi) is 4.63. The lowest BCUT2D eigenvalue weighted by molar-refractivity contribution is -0.386. The quantitative estimate of drug-likeness (QED) is 0.477. The summed E-state index contributed by atoms with van der Waals surface area (Å²) in [5, 5.41) is 14.5. The van der Waals surface area contributed by atoms with E-state index < -0.39 is 4.92 Å². The van der Waals surface area contributed by atoms with Crippen molar-refractivity contribution in [2.75, 3.05) is 0 Å². The van der Waals surface area contributed by atoms with Gasteiger partial charge in [0.05, 0.1) is 4.92 Å². The molecule has 0 saturated carbocycles. The van der Waals surface area contributed by atoms with Crippen LogP contribution < -0.4 is 0 Å². The van der Waals surface area contributed by atoms with Crippen LogP contribution in [-0.2, 0) is 4.79 Å². The van der Waals surface area contributed by atoms with Crippen LogP contribution in [-0.4, -0.2) is 15.9 Å². The van der Waals surface area contributed by atoms with Gasteiger partial charge >= 0.3 is 5.69 Å². The topological polar surface area (TPSA) is 86.2 Å². The van der Waals surface area contributed by atoms with E-state index in [0.717, 1.165) is 11.1 Å². The summed E-state index contributed by atoms with van der Waals surface area (Å²) in [6, 6.07) is 7.37. The van der Waals surface area contributed by atoms with Gasteiger partial charge in [0.1, 0.15) is 0 Å². The average Bonchev–Trinajstić information content (AvgIpc) is 2.85. The molecular formula is C16H14N2O4. The van der Waals surface area contributed by atoms with Crippen LogP contribution in [0.3, 0.4) is 0 Å². The van der Waals surface area contributed by atoms with E-state index in [4.69, 9.17) is 4.52 Å². The molecule has 0 bridgehead atoms. The molecule has 112 valence electrons. The second-order valence-corrected chi connectivity index (χ2v) is 4.68. The maximum absolute atomic E-state index is 10.9. The second-order valence-electron chi connectivity index (χ2n) is 4.68. The van der Waals surface area contributed by atoms with Gasteiger partial charge in [0.25, 0.3) is 0 Å². The summed E-state index contributed by atoms with van der Waals surface area (Å²) in [7, 11) is 0. The van der Waals surface area contributed by atoms with Crippen molar-refractivity contribution in [1.29, 1.82) is 0 Å². The van der Waals surface area contributed by atoms with Gasteiger partial charge in [0.2, 0.25) is 5.76 Å². The maximum Gasteiger partial charge on any atom is 0.338 e. The van der Waals surface area contributed by atoms with Gasteiger partial charge in [0, 0.05) is 0 Å². The molecule has 1 heterocycles. The van der Waals surface area contributed by atoms with E-state index in [9.17, 15) is 14.9 Å². The molecule has 22 heavy (non-hydrogen) atoms. The van der Waals surface area contributed by atoms with Crippen molar-refractivity contribution in [2.24, 2.45) is 0 Å². The van der Waals surface area contributed by atoms with Crippen molar-refractivity contribution in [2.45, 2.75) is 13.8 Å².